The second kappa shape index (κ2) is 5.39. The van der Waals surface area contributed by atoms with Gasteiger partial charge in [0.15, 0.2) is 5.75 Å². The molecule has 2 rings (SSSR count). The van der Waals surface area contributed by atoms with E-state index in [9.17, 15) is 4.79 Å². The molecule has 0 aliphatic carbocycles. The number of amides is 1. The van der Waals surface area contributed by atoms with Crippen molar-refractivity contribution in [3.05, 3.63) is 36.4 Å². The Morgan fingerprint density at radius 2 is 2.47 bits per heavy atom. The average Bonchev–Trinajstić information content (AvgIpc) is 2.38. The monoisotopic (exact) mass is 232 g/mol. The third-order valence-corrected chi connectivity index (χ3v) is 2.56. The first-order valence-corrected chi connectivity index (χ1v) is 5.71. The maximum atomic E-state index is 11.9. The molecule has 0 saturated heterocycles. The molecule has 0 unspecified atom stereocenters. The third kappa shape index (κ3) is 2.58. The van der Waals surface area contributed by atoms with Crippen molar-refractivity contribution in [3.8, 4) is 5.75 Å². The molecule has 0 radical (unpaired) electrons. The quantitative estimate of drug-likeness (QED) is 0.614. The van der Waals surface area contributed by atoms with Crippen LogP contribution in [-0.2, 0) is 0 Å². The summed E-state index contributed by atoms with van der Waals surface area (Å²) in [4.78, 5) is 11.9. The topological polar surface area (TPSA) is 50.4 Å². The highest BCUT2D eigenvalue weighted by molar-refractivity contribution is 5.98. The molecule has 1 heterocycles. The lowest BCUT2D eigenvalue weighted by Crippen LogP contribution is -2.27. The Balaban J connectivity index is 2.14. The molecule has 1 aromatic rings. The van der Waals surface area contributed by atoms with Crippen molar-refractivity contribution < 1.29 is 9.53 Å². The van der Waals surface area contributed by atoms with E-state index >= 15 is 0 Å². The van der Waals surface area contributed by atoms with Crippen LogP contribution in [0.25, 0.3) is 0 Å². The molecule has 4 nitrogen and oxygen atoms in total. The average molecular weight is 232 g/mol. The number of para-hydroxylation sites is 1. The Morgan fingerprint density at radius 3 is 3.29 bits per heavy atom. The van der Waals surface area contributed by atoms with Gasteiger partial charge in [-0.05, 0) is 18.6 Å². The number of ether oxygens (including phenoxy) is 1. The lowest BCUT2D eigenvalue weighted by Gasteiger charge is -2.21. The van der Waals surface area contributed by atoms with E-state index in [4.69, 9.17) is 4.74 Å². The molecular formula is C13H16N2O2. The molecule has 90 valence electrons. The van der Waals surface area contributed by atoms with Gasteiger partial charge in [-0.25, -0.2) is 0 Å². The second-order valence-corrected chi connectivity index (χ2v) is 3.79. The highest BCUT2D eigenvalue weighted by Gasteiger charge is 2.18. The van der Waals surface area contributed by atoms with Crippen molar-refractivity contribution in [2.75, 3.05) is 25.0 Å². The molecule has 1 aliphatic rings. The van der Waals surface area contributed by atoms with Crippen molar-refractivity contribution in [1.29, 1.82) is 0 Å². The molecule has 0 fully saturated rings. The van der Waals surface area contributed by atoms with Crippen LogP contribution in [0.3, 0.4) is 0 Å². The summed E-state index contributed by atoms with van der Waals surface area (Å²) in [6.45, 7) is 5.57. The van der Waals surface area contributed by atoms with Gasteiger partial charge in [0, 0.05) is 13.1 Å². The summed E-state index contributed by atoms with van der Waals surface area (Å²) >= 11 is 0. The van der Waals surface area contributed by atoms with E-state index < -0.39 is 0 Å². The van der Waals surface area contributed by atoms with Gasteiger partial charge in [-0.1, -0.05) is 12.1 Å². The number of hydrogen-bond donors (Lipinski definition) is 2. The molecule has 2 N–H and O–H groups in total. The van der Waals surface area contributed by atoms with Gasteiger partial charge in [-0.15, -0.1) is 6.58 Å². The lowest BCUT2D eigenvalue weighted by molar-refractivity contribution is 0.0950. The van der Waals surface area contributed by atoms with Gasteiger partial charge in [0.1, 0.15) is 6.61 Å². The van der Waals surface area contributed by atoms with Gasteiger partial charge in [0.05, 0.1) is 11.3 Å². The molecule has 17 heavy (non-hydrogen) atoms. The Morgan fingerprint density at radius 1 is 1.59 bits per heavy atom. The number of nitrogens with one attached hydrogen (secondary N) is 2. The van der Waals surface area contributed by atoms with Crippen LogP contribution >= 0.6 is 0 Å². The van der Waals surface area contributed by atoms with E-state index in [0.29, 0.717) is 24.5 Å². The molecule has 0 saturated carbocycles. The standard InChI is InChI=1S/C13H16N2O2/c1-2-3-7-15-13(16)10-5-4-6-11-12(10)17-9-8-14-11/h2,4-6,14H,1,3,7-9H2,(H,15,16). The molecule has 4 heteroatoms. The van der Waals surface area contributed by atoms with Crippen LogP contribution < -0.4 is 15.4 Å². The normalized spacial score (nSPS) is 12.9. The molecule has 0 atom stereocenters. The van der Waals surface area contributed by atoms with Crippen molar-refractivity contribution >= 4 is 11.6 Å². The van der Waals surface area contributed by atoms with Gasteiger partial charge in [-0.2, -0.15) is 0 Å². The zero-order valence-corrected chi connectivity index (χ0v) is 9.66. The fourth-order valence-electron chi connectivity index (χ4n) is 1.73. The minimum Gasteiger partial charge on any atom is -0.489 e. The highest BCUT2D eigenvalue weighted by atomic mass is 16.5. The van der Waals surface area contributed by atoms with Gasteiger partial charge >= 0.3 is 0 Å². The predicted molar refractivity (Wildman–Crippen MR) is 67.6 cm³/mol. The fraction of sp³-hybridized carbons (Fsp3) is 0.308. The summed E-state index contributed by atoms with van der Waals surface area (Å²) in [5.41, 5.74) is 1.46. The fourth-order valence-corrected chi connectivity index (χ4v) is 1.73. The Labute approximate surface area is 101 Å². The number of hydrogen-bond acceptors (Lipinski definition) is 3. The van der Waals surface area contributed by atoms with E-state index in [1.165, 1.54) is 0 Å². The summed E-state index contributed by atoms with van der Waals surface area (Å²) in [6.07, 6.45) is 2.54. The third-order valence-electron chi connectivity index (χ3n) is 2.56. The summed E-state index contributed by atoms with van der Waals surface area (Å²) in [5.74, 6) is 0.544. The number of fused-ring (bicyclic) bond motifs is 1. The van der Waals surface area contributed by atoms with Gasteiger partial charge in [0.2, 0.25) is 0 Å². The number of benzene rings is 1. The molecular weight excluding hydrogens is 216 g/mol. The van der Waals surface area contributed by atoms with Crippen molar-refractivity contribution in [3.63, 3.8) is 0 Å². The van der Waals surface area contributed by atoms with Crippen molar-refractivity contribution in [2.45, 2.75) is 6.42 Å². The number of rotatable bonds is 4. The van der Waals surface area contributed by atoms with Crippen LogP contribution in [-0.4, -0.2) is 25.6 Å². The maximum absolute atomic E-state index is 11.9. The first-order valence-electron chi connectivity index (χ1n) is 5.71. The van der Waals surface area contributed by atoms with Crippen LogP contribution in [0.4, 0.5) is 5.69 Å². The minimum absolute atomic E-state index is 0.104. The number of carbonyl (C=O) groups excluding carboxylic acids is 1. The second-order valence-electron chi connectivity index (χ2n) is 3.79. The smallest absolute Gasteiger partial charge is 0.255 e. The summed E-state index contributed by atoms with van der Waals surface area (Å²) in [5, 5.41) is 6.04. The van der Waals surface area contributed by atoms with Gasteiger partial charge in [0.25, 0.3) is 5.91 Å². The Bertz CT molecular complexity index is 429. The Hall–Kier alpha value is -1.97. The molecule has 0 aromatic heterocycles. The largest absolute Gasteiger partial charge is 0.489 e. The predicted octanol–water partition coefficient (Wildman–Crippen LogP) is 1.80. The van der Waals surface area contributed by atoms with E-state index in [1.807, 2.05) is 12.1 Å². The SMILES string of the molecule is C=CCCNC(=O)c1cccc2c1OCCN2. The van der Waals surface area contributed by atoms with Crippen LogP contribution in [0.1, 0.15) is 16.8 Å². The molecule has 1 aliphatic heterocycles. The molecule has 1 amide bonds. The van der Waals surface area contributed by atoms with Crippen LogP contribution in [0.5, 0.6) is 5.75 Å². The highest BCUT2D eigenvalue weighted by Crippen LogP contribution is 2.30. The number of anilines is 1. The Kier molecular flexibility index (Phi) is 3.65. The van der Waals surface area contributed by atoms with Gasteiger partial charge < -0.3 is 15.4 Å². The molecule has 0 spiro atoms. The summed E-state index contributed by atoms with van der Waals surface area (Å²) < 4.78 is 5.54. The lowest BCUT2D eigenvalue weighted by atomic mass is 10.1. The first kappa shape index (κ1) is 11.5. The summed E-state index contributed by atoms with van der Waals surface area (Å²) in [6, 6.07) is 5.53. The summed E-state index contributed by atoms with van der Waals surface area (Å²) in [7, 11) is 0. The van der Waals surface area contributed by atoms with Crippen LogP contribution in [0, 0.1) is 0 Å². The number of carbonyl (C=O) groups is 1. The van der Waals surface area contributed by atoms with Crippen LogP contribution in [0.15, 0.2) is 30.9 Å². The zero-order valence-electron chi connectivity index (χ0n) is 9.66. The minimum atomic E-state index is -0.104. The van der Waals surface area contributed by atoms with Gasteiger partial charge in [-0.3, -0.25) is 4.79 Å². The van der Waals surface area contributed by atoms with E-state index in [1.54, 1.807) is 12.1 Å². The molecule has 1 aromatic carbocycles. The zero-order chi connectivity index (χ0) is 12.1. The first-order chi connectivity index (χ1) is 8.33. The maximum Gasteiger partial charge on any atom is 0.255 e. The molecule has 0 bridgehead atoms. The van der Waals surface area contributed by atoms with E-state index in [0.717, 1.165) is 18.7 Å². The van der Waals surface area contributed by atoms with Crippen molar-refractivity contribution in [2.24, 2.45) is 0 Å². The van der Waals surface area contributed by atoms with Crippen molar-refractivity contribution in [1.82, 2.24) is 5.32 Å². The van der Waals surface area contributed by atoms with Crippen LogP contribution in [0.2, 0.25) is 0 Å². The van der Waals surface area contributed by atoms with E-state index in [-0.39, 0.29) is 5.91 Å². The van der Waals surface area contributed by atoms with E-state index in [2.05, 4.69) is 17.2 Å².